The third kappa shape index (κ3) is 4.30. The summed E-state index contributed by atoms with van der Waals surface area (Å²) in [4.78, 5) is 4.22. The summed E-state index contributed by atoms with van der Waals surface area (Å²) in [7, 11) is 1.65. The highest BCUT2D eigenvalue weighted by Gasteiger charge is 2.11. The predicted octanol–water partition coefficient (Wildman–Crippen LogP) is 3.15. The number of hydrogen-bond acceptors (Lipinski definition) is 3. The van der Waals surface area contributed by atoms with Gasteiger partial charge in [0.25, 0.3) is 0 Å². The van der Waals surface area contributed by atoms with E-state index in [1.54, 1.807) is 7.11 Å². The van der Waals surface area contributed by atoms with E-state index in [1.165, 1.54) is 44.1 Å². The molecular formula is C15H24N2O. The van der Waals surface area contributed by atoms with Crippen molar-refractivity contribution in [3.8, 4) is 5.88 Å². The molecule has 1 fully saturated rings. The van der Waals surface area contributed by atoms with E-state index in [1.807, 2.05) is 12.3 Å². The molecule has 0 aromatic carbocycles. The van der Waals surface area contributed by atoms with Crippen LogP contribution in [0, 0.1) is 5.92 Å². The van der Waals surface area contributed by atoms with Gasteiger partial charge in [-0.2, -0.15) is 0 Å². The van der Waals surface area contributed by atoms with E-state index >= 15 is 0 Å². The number of nitrogens with one attached hydrogen (secondary N) is 1. The minimum Gasteiger partial charge on any atom is -0.481 e. The molecule has 2 rings (SSSR count). The van der Waals surface area contributed by atoms with Crippen LogP contribution in [-0.2, 0) is 6.54 Å². The van der Waals surface area contributed by atoms with Crippen molar-refractivity contribution < 1.29 is 4.74 Å². The Balaban J connectivity index is 1.70. The summed E-state index contributed by atoms with van der Waals surface area (Å²) >= 11 is 0. The second kappa shape index (κ2) is 7.37. The van der Waals surface area contributed by atoms with Crippen LogP contribution in [0.5, 0.6) is 5.88 Å². The number of methoxy groups -OCH3 is 1. The van der Waals surface area contributed by atoms with Crippen LogP contribution in [0.15, 0.2) is 18.3 Å². The molecule has 100 valence electrons. The van der Waals surface area contributed by atoms with Gasteiger partial charge in [0, 0.05) is 18.8 Å². The first-order valence-electron chi connectivity index (χ1n) is 7.08. The van der Waals surface area contributed by atoms with Gasteiger partial charge in [0.15, 0.2) is 0 Å². The minimum absolute atomic E-state index is 0.683. The fraction of sp³-hybridized carbons (Fsp3) is 0.667. The Kier molecular flexibility index (Phi) is 5.46. The Morgan fingerprint density at radius 2 is 2.00 bits per heavy atom. The lowest BCUT2D eigenvalue weighted by atomic mass is 10.0. The zero-order valence-electron chi connectivity index (χ0n) is 11.3. The Bertz CT molecular complexity index is 329. The Morgan fingerprint density at radius 3 is 2.61 bits per heavy atom. The first kappa shape index (κ1) is 13.3. The third-order valence-electron chi connectivity index (χ3n) is 3.74. The van der Waals surface area contributed by atoms with Gasteiger partial charge in [0.2, 0.25) is 5.88 Å². The van der Waals surface area contributed by atoms with E-state index in [2.05, 4.69) is 16.4 Å². The van der Waals surface area contributed by atoms with Crippen molar-refractivity contribution in [1.29, 1.82) is 0 Å². The van der Waals surface area contributed by atoms with Gasteiger partial charge < -0.3 is 10.1 Å². The van der Waals surface area contributed by atoms with Gasteiger partial charge in [-0.25, -0.2) is 4.98 Å². The number of pyridine rings is 1. The molecular weight excluding hydrogens is 224 g/mol. The Hall–Kier alpha value is -1.09. The van der Waals surface area contributed by atoms with Gasteiger partial charge in [-0.3, -0.25) is 0 Å². The van der Waals surface area contributed by atoms with E-state index in [9.17, 15) is 0 Å². The molecule has 1 aromatic heterocycles. The average molecular weight is 248 g/mol. The van der Waals surface area contributed by atoms with Gasteiger partial charge in [0.1, 0.15) is 0 Å². The zero-order valence-corrected chi connectivity index (χ0v) is 11.3. The largest absolute Gasteiger partial charge is 0.481 e. The van der Waals surface area contributed by atoms with Crippen molar-refractivity contribution in [1.82, 2.24) is 10.3 Å². The molecule has 0 spiro atoms. The highest BCUT2D eigenvalue weighted by atomic mass is 16.5. The monoisotopic (exact) mass is 248 g/mol. The number of hydrogen-bond donors (Lipinski definition) is 1. The van der Waals surface area contributed by atoms with Crippen LogP contribution in [0.25, 0.3) is 0 Å². The van der Waals surface area contributed by atoms with Gasteiger partial charge in [0.05, 0.1) is 7.11 Å². The lowest BCUT2D eigenvalue weighted by Gasteiger charge is -2.14. The number of nitrogens with zero attached hydrogens (tertiary/aromatic N) is 1. The second-order valence-corrected chi connectivity index (χ2v) is 5.20. The summed E-state index contributed by atoms with van der Waals surface area (Å²) in [6.07, 6.45) is 10.4. The smallest absolute Gasteiger partial charge is 0.212 e. The van der Waals surface area contributed by atoms with Crippen molar-refractivity contribution >= 4 is 0 Å². The maximum Gasteiger partial charge on any atom is 0.212 e. The summed E-state index contributed by atoms with van der Waals surface area (Å²) in [5, 5.41) is 3.56. The summed E-state index contributed by atoms with van der Waals surface area (Å²) in [5.41, 5.74) is 1.23. The highest BCUT2D eigenvalue weighted by Crippen LogP contribution is 2.22. The summed E-state index contributed by atoms with van der Waals surface area (Å²) in [6.45, 7) is 2.06. The predicted molar refractivity (Wildman–Crippen MR) is 73.7 cm³/mol. The first-order chi connectivity index (χ1) is 8.88. The molecule has 1 aliphatic rings. The summed E-state index contributed by atoms with van der Waals surface area (Å²) < 4.78 is 5.05. The van der Waals surface area contributed by atoms with Crippen LogP contribution < -0.4 is 10.1 Å². The van der Waals surface area contributed by atoms with E-state index in [4.69, 9.17) is 4.74 Å². The van der Waals surface area contributed by atoms with E-state index in [0.29, 0.717) is 5.88 Å². The van der Waals surface area contributed by atoms with Crippen molar-refractivity contribution in [3.63, 3.8) is 0 Å². The molecule has 1 aliphatic carbocycles. The molecule has 0 saturated heterocycles. The molecule has 0 aliphatic heterocycles. The number of ether oxygens (including phenoxy) is 1. The molecule has 1 saturated carbocycles. The zero-order chi connectivity index (χ0) is 12.6. The van der Waals surface area contributed by atoms with Gasteiger partial charge in [-0.05, 0) is 30.9 Å². The van der Waals surface area contributed by atoms with E-state index in [-0.39, 0.29) is 0 Å². The van der Waals surface area contributed by atoms with Crippen LogP contribution in [0.3, 0.4) is 0 Å². The molecule has 0 unspecified atom stereocenters. The van der Waals surface area contributed by atoms with Crippen molar-refractivity contribution in [2.45, 2.75) is 45.1 Å². The Morgan fingerprint density at radius 1 is 1.22 bits per heavy atom. The van der Waals surface area contributed by atoms with Gasteiger partial charge >= 0.3 is 0 Å². The number of rotatable bonds is 5. The van der Waals surface area contributed by atoms with Crippen LogP contribution >= 0.6 is 0 Å². The standard InChI is InChI=1S/C15H24N2O/c1-18-15-9-8-14(12-17-15)11-16-10-13-6-4-2-3-5-7-13/h8-9,12-13,16H,2-7,10-11H2,1H3. The fourth-order valence-electron chi connectivity index (χ4n) is 2.62. The molecule has 1 N–H and O–H groups in total. The molecule has 1 heterocycles. The molecule has 0 atom stereocenters. The topological polar surface area (TPSA) is 34.1 Å². The molecule has 1 aromatic rings. The van der Waals surface area contributed by atoms with Crippen molar-refractivity contribution in [2.24, 2.45) is 5.92 Å². The average Bonchev–Trinajstić information content (AvgIpc) is 2.68. The maximum absolute atomic E-state index is 5.05. The lowest BCUT2D eigenvalue weighted by molar-refractivity contribution is 0.397. The molecule has 3 heteroatoms. The SMILES string of the molecule is COc1ccc(CNCC2CCCCCC2)cn1. The number of aromatic nitrogens is 1. The Labute approximate surface area is 110 Å². The van der Waals surface area contributed by atoms with Crippen LogP contribution in [0.1, 0.15) is 44.1 Å². The maximum atomic E-state index is 5.05. The molecule has 0 bridgehead atoms. The highest BCUT2D eigenvalue weighted by molar-refractivity contribution is 5.17. The summed E-state index contributed by atoms with van der Waals surface area (Å²) in [5.74, 6) is 1.56. The summed E-state index contributed by atoms with van der Waals surface area (Å²) in [6, 6.07) is 3.99. The van der Waals surface area contributed by atoms with Gasteiger partial charge in [-0.1, -0.05) is 31.7 Å². The van der Waals surface area contributed by atoms with Crippen LogP contribution in [0.4, 0.5) is 0 Å². The second-order valence-electron chi connectivity index (χ2n) is 5.20. The van der Waals surface area contributed by atoms with E-state index in [0.717, 1.165) is 19.0 Å². The molecule has 0 radical (unpaired) electrons. The fourth-order valence-corrected chi connectivity index (χ4v) is 2.62. The lowest BCUT2D eigenvalue weighted by Crippen LogP contribution is -2.22. The first-order valence-corrected chi connectivity index (χ1v) is 7.08. The quantitative estimate of drug-likeness (QED) is 0.813. The van der Waals surface area contributed by atoms with Crippen molar-refractivity contribution in [3.05, 3.63) is 23.9 Å². The van der Waals surface area contributed by atoms with Crippen molar-refractivity contribution in [2.75, 3.05) is 13.7 Å². The molecule has 3 nitrogen and oxygen atoms in total. The third-order valence-corrected chi connectivity index (χ3v) is 3.74. The molecule has 18 heavy (non-hydrogen) atoms. The normalized spacial score (nSPS) is 17.4. The minimum atomic E-state index is 0.683. The van der Waals surface area contributed by atoms with Crippen LogP contribution in [-0.4, -0.2) is 18.6 Å². The van der Waals surface area contributed by atoms with Gasteiger partial charge in [-0.15, -0.1) is 0 Å². The van der Waals surface area contributed by atoms with Crippen LogP contribution in [0.2, 0.25) is 0 Å². The van der Waals surface area contributed by atoms with E-state index < -0.39 is 0 Å². The molecule has 0 amide bonds.